The Morgan fingerprint density at radius 1 is 1.48 bits per heavy atom. The number of hydrogen-bond donors (Lipinski definition) is 2. The van der Waals surface area contributed by atoms with Gasteiger partial charge in [0.25, 0.3) is 0 Å². The molecule has 0 aliphatic carbocycles. The highest BCUT2D eigenvalue weighted by molar-refractivity contribution is 6.30. The Kier molecular flexibility index (Phi) is 5.33. The highest BCUT2D eigenvalue weighted by atomic mass is 35.5. The van der Waals surface area contributed by atoms with Crippen molar-refractivity contribution < 1.29 is 14.3 Å². The Hall–Kier alpha value is -1.99. The van der Waals surface area contributed by atoms with E-state index in [4.69, 9.17) is 16.7 Å². The van der Waals surface area contributed by atoms with E-state index < -0.39 is 17.2 Å². The Balaban J connectivity index is 1.90. The number of nitrogens with one attached hydrogen (secondary N) is 1. The molecule has 2 rings (SSSR count). The van der Waals surface area contributed by atoms with E-state index in [9.17, 15) is 9.18 Å². The third kappa shape index (κ3) is 4.49. The summed E-state index contributed by atoms with van der Waals surface area (Å²) in [5.41, 5.74) is 0.538. The van der Waals surface area contributed by atoms with Gasteiger partial charge in [-0.05, 0) is 45.0 Å². The summed E-state index contributed by atoms with van der Waals surface area (Å²) in [5, 5.41) is 20.2. The van der Waals surface area contributed by atoms with Crippen molar-refractivity contribution in [2.75, 3.05) is 6.54 Å². The summed E-state index contributed by atoms with van der Waals surface area (Å²) in [5.74, 6) is -1.31. The Bertz CT molecular complexity index is 703. The molecule has 1 heterocycles. The molecule has 1 aromatic carbocycles. The first kappa shape index (κ1) is 17.4. The minimum absolute atomic E-state index is 0.0218. The number of hydrogen-bond acceptors (Lipinski definition) is 4. The van der Waals surface area contributed by atoms with Gasteiger partial charge in [0.2, 0.25) is 0 Å². The first-order valence-electron chi connectivity index (χ1n) is 7.10. The standard InChI is InChI=1S/C15H18ClFN4O2/c1-15(2,14(22)23)5-6-18-8-10-9-21(20-19-10)11-3-4-13(17)12(16)7-11/h3-4,7,9,18H,5-6,8H2,1-2H3,(H,22,23). The highest BCUT2D eigenvalue weighted by Crippen LogP contribution is 2.20. The molecular weight excluding hydrogens is 323 g/mol. The summed E-state index contributed by atoms with van der Waals surface area (Å²) in [6.07, 6.45) is 2.21. The molecular formula is C15H18ClFN4O2. The van der Waals surface area contributed by atoms with Crippen LogP contribution in [0, 0.1) is 11.2 Å². The fourth-order valence-corrected chi connectivity index (χ4v) is 2.03. The number of carboxylic acid groups (broad SMARTS) is 1. The molecule has 0 fully saturated rings. The van der Waals surface area contributed by atoms with E-state index in [0.717, 1.165) is 0 Å². The van der Waals surface area contributed by atoms with Crippen molar-refractivity contribution >= 4 is 17.6 Å². The zero-order chi connectivity index (χ0) is 17.0. The maximum atomic E-state index is 13.1. The molecule has 0 bridgehead atoms. The maximum Gasteiger partial charge on any atom is 0.309 e. The van der Waals surface area contributed by atoms with Gasteiger partial charge in [0.15, 0.2) is 0 Å². The molecule has 0 spiro atoms. The number of nitrogens with zero attached hydrogens (tertiary/aromatic N) is 3. The van der Waals surface area contributed by atoms with Gasteiger partial charge in [-0.2, -0.15) is 0 Å². The van der Waals surface area contributed by atoms with Crippen LogP contribution >= 0.6 is 11.6 Å². The van der Waals surface area contributed by atoms with Crippen molar-refractivity contribution in [2.24, 2.45) is 5.41 Å². The fraction of sp³-hybridized carbons (Fsp3) is 0.400. The van der Waals surface area contributed by atoms with Crippen molar-refractivity contribution in [3.8, 4) is 5.69 Å². The Morgan fingerprint density at radius 2 is 2.22 bits per heavy atom. The van der Waals surface area contributed by atoms with Gasteiger partial charge in [0.1, 0.15) is 5.82 Å². The number of carbonyl (C=O) groups is 1. The van der Waals surface area contributed by atoms with E-state index in [-0.39, 0.29) is 5.02 Å². The number of aliphatic carboxylic acids is 1. The molecule has 0 atom stereocenters. The lowest BCUT2D eigenvalue weighted by Gasteiger charge is -2.18. The van der Waals surface area contributed by atoms with Gasteiger partial charge in [0, 0.05) is 6.54 Å². The van der Waals surface area contributed by atoms with E-state index in [0.29, 0.717) is 30.9 Å². The minimum Gasteiger partial charge on any atom is -0.481 e. The zero-order valence-electron chi connectivity index (χ0n) is 12.9. The van der Waals surface area contributed by atoms with Crippen LogP contribution in [0.3, 0.4) is 0 Å². The first-order valence-corrected chi connectivity index (χ1v) is 7.48. The third-order valence-electron chi connectivity index (χ3n) is 3.52. The van der Waals surface area contributed by atoms with Crippen LogP contribution in [0.5, 0.6) is 0 Å². The largest absolute Gasteiger partial charge is 0.481 e. The summed E-state index contributed by atoms with van der Waals surface area (Å²) in [7, 11) is 0. The summed E-state index contributed by atoms with van der Waals surface area (Å²) in [6.45, 7) is 4.39. The SMILES string of the molecule is CC(C)(CCNCc1cn(-c2ccc(F)c(Cl)c2)nn1)C(=O)O. The number of carboxylic acids is 1. The van der Waals surface area contributed by atoms with Crippen molar-refractivity contribution in [2.45, 2.75) is 26.8 Å². The van der Waals surface area contributed by atoms with Crippen LogP contribution in [0.4, 0.5) is 4.39 Å². The summed E-state index contributed by atoms with van der Waals surface area (Å²) in [4.78, 5) is 11.0. The van der Waals surface area contributed by atoms with E-state index in [1.54, 1.807) is 26.1 Å². The topological polar surface area (TPSA) is 80.0 Å². The van der Waals surface area contributed by atoms with E-state index in [1.807, 2.05) is 0 Å². The van der Waals surface area contributed by atoms with Gasteiger partial charge in [0.05, 0.1) is 28.0 Å². The molecule has 6 nitrogen and oxygen atoms in total. The van der Waals surface area contributed by atoms with Crippen LogP contribution < -0.4 is 5.32 Å². The fourth-order valence-electron chi connectivity index (χ4n) is 1.86. The molecule has 0 amide bonds. The van der Waals surface area contributed by atoms with Crippen LogP contribution in [0.2, 0.25) is 5.02 Å². The smallest absolute Gasteiger partial charge is 0.309 e. The quantitative estimate of drug-likeness (QED) is 0.757. The molecule has 8 heteroatoms. The highest BCUT2D eigenvalue weighted by Gasteiger charge is 2.26. The minimum atomic E-state index is -0.821. The van der Waals surface area contributed by atoms with Gasteiger partial charge in [-0.25, -0.2) is 9.07 Å². The van der Waals surface area contributed by atoms with Crippen LogP contribution in [0.15, 0.2) is 24.4 Å². The van der Waals surface area contributed by atoms with Crippen molar-refractivity contribution in [3.63, 3.8) is 0 Å². The number of aromatic nitrogens is 3. The Labute approximate surface area is 138 Å². The monoisotopic (exact) mass is 340 g/mol. The molecule has 0 aliphatic rings. The second-order valence-electron chi connectivity index (χ2n) is 5.87. The van der Waals surface area contributed by atoms with Crippen LogP contribution in [0.25, 0.3) is 5.69 Å². The first-order chi connectivity index (χ1) is 10.8. The molecule has 0 saturated heterocycles. The third-order valence-corrected chi connectivity index (χ3v) is 3.81. The zero-order valence-corrected chi connectivity index (χ0v) is 13.6. The average Bonchev–Trinajstić information content (AvgIpc) is 2.95. The molecule has 0 aliphatic heterocycles. The molecule has 0 saturated carbocycles. The molecule has 2 aromatic rings. The summed E-state index contributed by atoms with van der Waals surface area (Å²) >= 11 is 5.74. The number of rotatable bonds is 7. The molecule has 124 valence electrons. The molecule has 0 radical (unpaired) electrons. The van der Waals surface area contributed by atoms with Gasteiger partial charge < -0.3 is 10.4 Å². The van der Waals surface area contributed by atoms with E-state index >= 15 is 0 Å². The van der Waals surface area contributed by atoms with Crippen molar-refractivity contribution in [1.82, 2.24) is 20.3 Å². The Morgan fingerprint density at radius 3 is 2.87 bits per heavy atom. The molecule has 1 aromatic heterocycles. The maximum absolute atomic E-state index is 13.1. The van der Waals surface area contributed by atoms with Crippen molar-refractivity contribution in [3.05, 3.63) is 40.9 Å². The van der Waals surface area contributed by atoms with Crippen LogP contribution in [-0.4, -0.2) is 32.6 Å². The van der Waals surface area contributed by atoms with Gasteiger partial charge in [-0.15, -0.1) is 5.10 Å². The normalized spacial score (nSPS) is 11.7. The average molecular weight is 341 g/mol. The van der Waals surface area contributed by atoms with Gasteiger partial charge >= 0.3 is 5.97 Å². The molecule has 0 unspecified atom stereocenters. The predicted octanol–water partition coefficient (Wildman–Crippen LogP) is 2.65. The van der Waals surface area contributed by atoms with Crippen molar-refractivity contribution in [1.29, 1.82) is 0 Å². The van der Waals surface area contributed by atoms with Gasteiger partial charge in [-0.1, -0.05) is 16.8 Å². The summed E-state index contributed by atoms with van der Waals surface area (Å²) in [6, 6.07) is 4.30. The lowest BCUT2D eigenvalue weighted by atomic mass is 9.90. The van der Waals surface area contributed by atoms with Crippen LogP contribution in [0.1, 0.15) is 26.0 Å². The molecule has 2 N–H and O–H groups in total. The van der Waals surface area contributed by atoms with E-state index in [1.165, 1.54) is 16.8 Å². The molecule has 23 heavy (non-hydrogen) atoms. The second kappa shape index (κ2) is 7.06. The van der Waals surface area contributed by atoms with Gasteiger partial charge in [-0.3, -0.25) is 4.79 Å². The lowest BCUT2D eigenvalue weighted by Crippen LogP contribution is -2.28. The predicted molar refractivity (Wildman–Crippen MR) is 84.1 cm³/mol. The number of benzene rings is 1. The number of halogens is 2. The van der Waals surface area contributed by atoms with Crippen LogP contribution in [-0.2, 0) is 11.3 Å². The van der Waals surface area contributed by atoms with E-state index in [2.05, 4.69) is 15.6 Å². The summed E-state index contributed by atoms with van der Waals surface area (Å²) < 4.78 is 14.7. The second-order valence-corrected chi connectivity index (χ2v) is 6.28. The lowest BCUT2D eigenvalue weighted by molar-refractivity contribution is -0.147.